The molecule has 1 aliphatic heterocycles. The molecule has 0 atom stereocenters. The monoisotopic (exact) mass is 2300 g/mol. The Morgan fingerprint density at radius 3 is 0.827 bits per heavy atom. The van der Waals surface area contributed by atoms with Crippen LogP contribution in [0.15, 0.2) is 112 Å². The Kier molecular flexibility index (Phi) is 69.4. The minimum atomic E-state index is -1.33. The van der Waals surface area contributed by atoms with E-state index in [1.807, 2.05) is 90.7 Å². The van der Waals surface area contributed by atoms with Crippen LogP contribution in [0.25, 0.3) is 68.3 Å². The van der Waals surface area contributed by atoms with Crippen molar-refractivity contribution in [2.24, 2.45) is 0 Å². The number of unbranched alkanes of at least 4 members (excludes halogenated alkanes) is 45. The van der Waals surface area contributed by atoms with Gasteiger partial charge in [-0.15, -0.1) is 125 Å². The quantitative estimate of drug-likeness (QED) is 0.0273. The van der Waals surface area contributed by atoms with Gasteiger partial charge in [-0.2, -0.15) is 0 Å². The summed E-state index contributed by atoms with van der Waals surface area (Å²) in [5.41, 5.74) is 12.0. The Labute approximate surface area is 899 Å². The number of aryl methyl sites for hydroxylation is 10. The molecule has 12 rings (SSSR count). The van der Waals surface area contributed by atoms with E-state index in [0.29, 0.717) is 0 Å². The minimum absolute atomic E-state index is 0. The van der Waals surface area contributed by atoms with Crippen LogP contribution in [0, 0.1) is 34.6 Å². The van der Waals surface area contributed by atoms with Gasteiger partial charge in [0.2, 0.25) is 0 Å². The van der Waals surface area contributed by atoms with Crippen LogP contribution in [-0.4, -0.2) is 13.2 Å². The molecule has 11 aromatic rings. The molecule has 1 saturated heterocycles. The third-order valence-electron chi connectivity index (χ3n) is 25.0. The summed E-state index contributed by atoms with van der Waals surface area (Å²) in [6, 6.07) is 32.9. The van der Waals surface area contributed by atoms with Gasteiger partial charge in [-0.25, -0.2) is 0 Å². The second-order valence-corrected chi connectivity index (χ2v) is 57.8. The topological polar surface area (TPSA) is 9.23 Å². The van der Waals surface area contributed by atoms with Gasteiger partial charge in [-0.05, 0) is 305 Å². The van der Waals surface area contributed by atoms with Crippen molar-refractivity contribution in [2.45, 2.75) is 443 Å². The first-order valence-electron chi connectivity index (χ1n) is 51.7. The van der Waals surface area contributed by atoms with E-state index < -0.39 is 11.2 Å². The van der Waals surface area contributed by atoms with Crippen LogP contribution in [-0.2, 0) is 48.0 Å². The Balaban J connectivity index is 0.000000288. The van der Waals surface area contributed by atoms with Crippen LogP contribution >= 0.6 is 203 Å². The van der Waals surface area contributed by atoms with Gasteiger partial charge in [0.25, 0.3) is 0 Å². The number of thiophene rings is 11. The number of hydrogen-bond acceptors (Lipinski definition) is 12. The van der Waals surface area contributed by atoms with E-state index in [1.165, 1.54) is 478 Å². The molecule has 1 aliphatic rings. The molecule has 11 aromatic heterocycles. The molecule has 0 saturated carbocycles. The van der Waals surface area contributed by atoms with Crippen molar-refractivity contribution in [3.05, 3.63) is 167 Å². The number of rotatable bonds is 62. The van der Waals surface area contributed by atoms with E-state index in [0.717, 1.165) is 13.2 Å². The van der Waals surface area contributed by atoms with Gasteiger partial charge in [0, 0.05) is 91.2 Å². The molecule has 747 valence electrons. The fourth-order valence-electron chi connectivity index (χ4n) is 17.4. The van der Waals surface area contributed by atoms with Crippen LogP contribution in [0.3, 0.4) is 0 Å². The molecule has 1 nitrogen and oxygen atoms in total. The first-order valence-corrected chi connectivity index (χ1v) is 67.8. The number of ether oxygens (including phenoxy) is 1. The molecule has 0 aromatic carbocycles. The van der Waals surface area contributed by atoms with Crippen molar-refractivity contribution in [1.82, 2.24) is 0 Å². The molecule has 19 heteroatoms. The van der Waals surface area contributed by atoms with Gasteiger partial charge in [0.15, 0.2) is 0 Å². The van der Waals surface area contributed by atoms with Gasteiger partial charge >= 0.3 is 41.5 Å². The predicted molar refractivity (Wildman–Crippen MR) is 629 cm³/mol. The summed E-state index contributed by atoms with van der Waals surface area (Å²) in [4.78, 5) is 23.3. The number of halogens is 6. The van der Waals surface area contributed by atoms with Gasteiger partial charge < -0.3 is 4.74 Å². The van der Waals surface area contributed by atoms with Crippen molar-refractivity contribution >= 4 is 203 Å². The summed E-state index contributed by atoms with van der Waals surface area (Å²) >= 11 is 30.5. The summed E-state index contributed by atoms with van der Waals surface area (Å²) in [5, 5.41) is 6.80. The Morgan fingerprint density at radius 1 is 0.256 bits per heavy atom. The molecule has 0 N–H and O–H groups in total. The number of hydrogen-bond donors (Lipinski definition) is 0. The van der Waals surface area contributed by atoms with E-state index in [2.05, 4.69) is 218 Å². The molecule has 0 amide bonds. The van der Waals surface area contributed by atoms with Crippen LogP contribution in [0.1, 0.15) is 430 Å². The summed E-state index contributed by atoms with van der Waals surface area (Å²) in [6.07, 6.45) is 79.1. The van der Waals surface area contributed by atoms with Crippen molar-refractivity contribution in [3.8, 4) is 68.3 Å². The molecule has 133 heavy (non-hydrogen) atoms. The van der Waals surface area contributed by atoms with Crippen LogP contribution < -0.4 is 0 Å². The Morgan fingerprint density at radius 2 is 0.519 bits per heavy atom. The van der Waals surface area contributed by atoms with Crippen LogP contribution in [0.2, 0.25) is 0 Å². The van der Waals surface area contributed by atoms with Gasteiger partial charge in [0.1, 0.15) is 0 Å². The van der Waals surface area contributed by atoms with E-state index in [-0.39, 0.29) is 7.43 Å². The fraction of sp³-hybridized carbons (Fsp3) is 0.614. The average Bonchev–Trinajstić information content (AvgIpc) is 1.65. The normalized spacial score (nSPS) is 11.8. The maximum absolute atomic E-state index is 4.94. The Bertz CT molecular complexity index is 4650. The second-order valence-electron chi connectivity index (χ2n) is 36.6. The fourth-order valence-corrected chi connectivity index (χ4v) is 31.4. The summed E-state index contributed by atoms with van der Waals surface area (Å²) in [6.45, 7) is 24.9. The SMILES string of the molecule is C.C1CCOC1.CCCCCCCCCCCCc1cc(C)sc1-c1ccc(-c2sc(-c3sc(C)cc3CCCCCCCCCCCC)cc2C)s1.CCCCCCCCCCCCc1ccsc1-c1ccc(-c2sc(-c3sccc3CCCCCCCCCCCC)cc2C)s1.CCCCCCCCCCCCc1ccsc1Br.Cc1cc(Br)sc1-c1ccc(Br)s1.[Cl][Fe]([Cl])[Cl]. The predicted octanol–water partition coefficient (Wildman–Crippen LogP) is 48.7. The van der Waals surface area contributed by atoms with Crippen molar-refractivity contribution in [1.29, 1.82) is 0 Å². The van der Waals surface area contributed by atoms with Crippen LogP contribution in [0.4, 0.5) is 0 Å². The van der Waals surface area contributed by atoms with E-state index >= 15 is 0 Å². The third kappa shape index (κ3) is 50.2. The van der Waals surface area contributed by atoms with Gasteiger partial charge in [0.05, 0.1) is 11.4 Å². The van der Waals surface area contributed by atoms with Crippen LogP contribution in [0.5, 0.6) is 0 Å². The van der Waals surface area contributed by atoms with E-state index in [9.17, 15) is 0 Å². The molecule has 0 radical (unpaired) electrons. The molecule has 0 spiro atoms. The summed E-state index contributed by atoms with van der Waals surface area (Å²) in [7, 11) is 14.7. The first-order chi connectivity index (χ1) is 64.4. The zero-order valence-corrected chi connectivity index (χ0v) is 99.7. The zero-order valence-electron chi connectivity index (χ0n) is 82.6. The molecular weight excluding hydrogens is 2140 g/mol. The molecule has 0 bridgehead atoms. The van der Waals surface area contributed by atoms with Gasteiger partial charge in [-0.1, -0.05) is 331 Å². The Hall–Kier alpha value is -0.511. The molecular formula is C114H169Br3Cl3FeOS11. The van der Waals surface area contributed by atoms with E-state index in [1.54, 1.807) is 56.3 Å². The molecule has 0 aliphatic carbocycles. The van der Waals surface area contributed by atoms with Crippen molar-refractivity contribution in [3.63, 3.8) is 0 Å². The zero-order chi connectivity index (χ0) is 94.4. The standard InChI is InChI=1S/C43H64S4.C41H60S4.C16H27BrS.C9H6Br2S2.C4H8O.CH4.3ClH.Fe/c1-6-8-10-12-14-16-18-20-22-24-26-36-31-34(4)44-42(36)39-29-28-38(46-39)41-33(3)30-40(47-41)43-37(32-35(5)45-43)27-25-23-21-19-17-15-13-11-9-7-2;1-4-6-8-10-12-14-16-18-20-22-24-34-28-30-42-40(34)37-27-26-36(44-37)39-33(3)32-38(45-39)41-35(29-31-43-41)25-23-21-19-17-15-13-11-9-7-5-2;1-2-3-4-5-6-7-8-9-10-11-12-15-13-14-18-16(15)17;1-5-4-8(11)13-9(5)6-2-3-7(10)12-6;1-2-4-5-3-1;;;;;/h28-32H,6-27H2,1-5H3;26-32H,4-25H2,1-3H3;13-14H,2-12H2,1H3;2-4H,1H3;1-4H2;1H4;3*1H;/q;;;;;;;;;+3/p-3. The first kappa shape index (κ1) is 121. The maximum atomic E-state index is 4.94. The second kappa shape index (κ2) is 76.1. The molecule has 0 unspecified atom stereocenters. The average molecular weight is 2310 g/mol. The summed E-state index contributed by atoms with van der Waals surface area (Å²) < 4.78 is 8.66. The molecule has 12 heterocycles. The van der Waals surface area contributed by atoms with Crippen molar-refractivity contribution in [2.75, 3.05) is 13.2 Å². The van der Waals surface area contributed by atoms with Crippen molar-refractivity contribution < 1.29 is 15.9 Å². The third-order valence-corrected chi connectivity index (χ3v) is 40.1. The van der Waals surface area contributed by atoms with Gasteiger partial charge in [-0.3, -0.25) is 0 Å². The molecule has 1 fully saturated rings. The summed E-state index contributed by atoms with van der Waals surface area (Å²) in [5.74, 6) is 0. The van der Waals surface area contributed by atoms with E-state index in [4.69, 9.17) is 35.0 Å².